The van der Waals surface area contributed by atoms with Crippen molar-refractivity contribution in [3.05, 3.63) is 28.8 Å². The average molecular weight is 289 g/mol. The molecule has 0 aliphatic rings. The van der Waals surface area contributed by atoms with Gasteiger partial charge in [0.2, 0.25) is 10.0 Å². The SMILES string of the molecule is CC(C)(CO)NS(=O)(=O)c1ccc(C#N)c(Cl)c1. The van der Waals surface area contributed by atoms with E-state index in [-0.39, 0.29) is 22.1 Å². The van der Waals surface area contributed by atoms with E-state index in [4.69, 9.17) is 22.0 Å². The van der Waals surface area contributed by atoms with Crippen LogP contribution in [-0.2, 0) is 10.0 Å². The third kappa shape index (κ3) is 3.43. The van der Waals surface area contributed by atoms with Crippen LogP contribution >= 0.6 is 11.6 Å². The molecule has 0 aliphatic carbocycles. The van der Waals surface area contributed by atoms with Crippen molar-refractivity contribution in [2.75, 3.05) is 6.61 Å². The molecule has 0 saturated heterocycles. The quantitative estimate of drug-likeness (QED) is 0.873. The van der Waals surface area contributed by atoms with Gasteiger partial charge in [-0.2, -0.15) is 5.26 Å². The first kappa shape index (κ1) is 14.9. The van der Waals surface area contributed by atoms with Crippen LogP contribution < -0.4 is 4.72 Å². The van der Waals surface area contributed by atoms with Gasteiger partial charge < -0.3 is 5.11 Å². The highest BCUT2D eigenvalue weighted by atomic mass is 35.5. The van der Waals surface area contributed by atoms with E-state index < -0.39 is 15.6 Å². The normalized spacial score (nSPS) is 12.2. The van der Waals surface area contributed by atoms with E-state index in [1.807, 2.05) is 6.07 Å². The van der Waals surface area contributed by atoms with Crippen LogP contribution in [0.2, 0.25) is 5.02 Å². The van der Waals surface area contributed by atoms with Crippen LogP contribution in [0.25, 0.3) is 0 Å². The van der Waals surface area contributed by atoms with Gasteiger partial charge in [-0.05, 0) is 32.0 Å². The molecule has 0 aromatic heterocycles. The van der Waals surface area contributed by atoms with Gasteiger partial charge in [-0.1, -0.05) is 11.6 Å². The molecule has 2 N–H and O–H groups in total. The standard InChI is InChI=1S/C11H13ClN2O3S/c1-11(2,7-15)14-18(16,17)9-4-3-8(6-13)10(12)5-9/h3-5,14-15H,7H2,1-2H3. The van der Waals surface area contributed by atoms with Crippen LogP contribution in [0.1, 0.15) is 19.4 Å². The second-order valence-electron chi connectivity index (χ2n) is 4.40. The number of nitriles is 1. The lowest BCUT2D eigenvalue weighted by molar-refractivity contribution is 0.208. The maximum atomic E-state index is 12.0. The Balaban J connectivity index is 3.15. The molecule has 0 spiro atoms. The third-order valence-corrected chi connectivity index (χ3v) is 4.19. The fraction of sp³-hybridized carbons (Fsp3) is 0.364. The fourth-order valence-corrected chi connectivity index (χ4v) is 2.93. The monoisotopic (exact) mass is 288 g/mol. The Morgan fingerprint density at radius 1 is 1.50 bits per heavy atom. The number of nitrogens with one attached hydrogen (secondary N) is 1. The lowest BCUT2D eigenvalue weighted by Crippen LogP contribution is -2.46. The highest BCUT2D eigenvalue weighted by molar-refractivity contribution is 7.89. The Bertz CT molecular complexity index is 591. The molecule has 1 rings (SSSR count). The Morgan fingerprint density at radius 3 is 2.56 bits per heavy atom. The van der Waals surface area contributed by atoms with E-state index in [0.717, 1.165) is 0 Å². The zero-order chi connectivity index (χ0) is 14.0. The van der Waals surface area contributed by atoms with Gasteiger partial charge in [-0.3, -0.25) is 0 Å². The highest BCUT2D eigenvalue weighted by Crippen LogP contribution is 2.21. The molecular formula is C11H13ClN2O3S. The number of benzene rings is 1. The van der Waals surface area contributed by atoms with Gasteiger partial charge in [0.05, 0.1) is 27.6 Å². The molecule has 18 heavy (non-hydrogen) atoms. The summed E-state index contributed by atoms with van der Waals surface area (Å²) in [5, 5.41) is 17.8. The van der Waals surface area contributed by atoms with Gasteiger partial charge in [0.25, 0.3) is 0 Å². The number of sulfonamides is 1. The van der Waals surface area contributed by atoms with E-state index in [2.05, 4.69) is 4.72 Å². The molecule has 1 aromatic rings. The lowest BCUT2D eigenvalue weighted by Gasteiger charge is -2.23. The summed E-state index contributed by atoms with van der Waals surface area (Å²) in [6.07, 6.45) is 0. The smallest absolute Gasteiger partial charge is 0.241 e. The van der Waals surface area contributed by atoms with Gasteiger partial charge >= 0.3 is 0 Å². The van der Waals surface area contributed by atoms with Gasteiger partial charge in [0, 0.05) is 0 Å². The lowest BCUT2D eigenvalue weighted by atomic mass is 10.1. The van der Waals surface area contributed by atoms with Crippen molar-refractivity contribution in [1.29, 1.82) is 5.26 Å². The molecular weight excluding hydrogens is 276 g/mol. The first-order valence-corrected chi connectivity index (χ1v) is 6.92. The minimum absolute atomic E-state index is 0.0481. The summed E-state index contributed by atoms with van der Waals surface area (Å²) in [6.45, 7) is 2.77. The van der Waals surface area contributed by atoms with E-state index in [1.165, 1.54) is 18.2 Å². The number of nitrogens with zero attached hydrogens (tertiary/aromatic N) is 1. The van der Waals surface area contributed by atoms with Crippen molar-refractivity contribution < 1.29 is 13.5 Å². The zero-order valence-electron chi connectivity index (χ0n) is 9.94. The van der Waals surface area contributed by atoms with Crippen LogP contribution in [0, 0.1) is 11.3 Å². The van der Waals surface area contributed by atoms with Gasteiger partial charge in [-0.25, -0.2) is 13.1 Å². The molecule has 0 heterocycles. The number of rotatable bonds is 4. The summed E-state index contributed by atoms with van der Waals surface area (Å²) in [5.74, 6) is 0. The predicted molar refractivity (Wildman–Crippen MR) is 67.7 cm³/mol. The van der Waals surface area contributed by atoms with Crippen molar-refractivity contribution in [3.63, 3.8) is 0 Å². The molecule has 0 bridgehead atoms. The molecule has 0 unspecified atom stereocenters. The number of halogens is 1. The largest absolute Gasteiger partial charge is 0.394 e. The molecule has 0 fully saturated rings. The molecule has 7 heteroatoms. The molecule has 5 nitrogen and oxygen atoms in total. The average Bonchev–Trinajstić information content (AvgIpc) is 2.27. The number of aliphatic hydroxyl groups is 1. The van der Waals surface area contributed by atoms with Crippen LogP contribution in [-0.4, -0.2) is 25.7 Å². The summed E-state index contributed by atoms with van der Waals surface area (Å²) in [4.78, 5) is -0.0481. The minimum atomic E-state index is -3.78. The predicted octanol–water partition coefficient (Wildman–Crippen LogP) is 1.26. The van der Waals surface area contributed by atoms with Crippen molar-refractivity contribution in [1.82, 2.24) is 4.72 Å². The Labute approximate surface area is 111 Å². The van der Waals surface area contributed by atoms with Crippen molar-refractivity contribution in [2.45, 2.75) is 24.3 Å². The molecule has 1 aromatic carbocycles. The summed E-state index contributed by atoms with van der Waals surface area (Å²) < 4.78 is 26.3. The summed E-state index contributed by atoms with van der Waals surface area (Å²) >= 11 is 5.78. The molecule has 0 amide bonds. The van der Waals surface area contributed by atoms with Gasteiger partial charge in [-0.15, -0.1) is 0 Å². The molecule has 0 atom stereocenters. The number of aliphatic hydroxyl groups excluding tert-OH is 1. The highest BCUT2D eigenvalue weighted by Gasteiger charge is 2.25. The number of hydrogen-bond acceptors (Lipinski definition) is 4. The summed E-state index contributed by atoms with van der Waals surface area (Å²) in [7, 11) is -3.78. The minimum Gasteiger partial charge on any atom is -0.394 e. The topological polar surface area (TPSA) is 90.2 Å². The third-order valence-electron chi connectivity index (χ3n) is 2.18. The maximum Gasteiger partial charge on any atom is 0.241 e. The Hall–Kier alpha value is -1.13. The van der Waals surface area contributed by atoms with Crippen molar-refractivity contribution in [3.8, 4) is 6.07 Å². The van der Waals surface area contributed by atoms with E-state index in [9.17, 15) is 8.42 Å². The first-order chi connectivity index (χ1) is 8.22. The Kier molecular flexibility index (Phi) is 4.35. The van der Waals surface area contributed by atoms with Gasteiger partial charge in [0.15, 0.2) is 0 Å². The molecule has 0 aliphatic heterocycles. The molecule has 98 valence electrons. The maximum absolute atomic E-state index is 12.0. The molecule has 0 saturated carbocycles. The van der Waals surface area contributed by atoms with E-state index in [0.29, 0.717) is 0 Å². The van der Waals surface area contributed by atoms with E-state index in [1.54, 1.807) is 13.8 Å². The summed E-state index contributed by atoms with van der Waals surface area (Å²) in [5.41, 5.74) is -0.767. The zero-order valence-corrected chi connectivity index (χ0v) is 11.5. The van der Waals surface area contributed by atoms with Crippen molar-refractivity contribution >= 4 is 21.6 Å². The van der Waals surface area contributed by atoms with Crippen LogP contribution in [0.3, 0.4) is 0 Å². The van der Waals surface area contributed by atoms with Crippen LogP contribution in [0.15, 0.2) is 23.1 Å². The van der Waals surface area contributed by atoms with Gasteiger partial charge in [0.1, 0.15) is 6.07 Å². The fourth-order valence-electron chi connectivity index (χ4n) is 1.21. The van der Waals surface area contributed by atoms with Crippen LogP contribution in [0.4, 0.5) is 0 Å². The Morgan fingerprint density at radius 2 is 2.11 bits per heavy atom. The first-order valence-electron chi connectivity index (χ1n) is 5.06. The van der Waals surface area contributed by atoms with Crippen LogP contribution in [0.5, 0.6) is 0 Å². The second-order valence-corrected chi connectivity index (χ2v) is 6.49. The molecule has 0 radical (unpaired) electrons. The number of hydrogen-bond donors (Lipinski definition) is 2. The van der Waals surface area contributed by atoms with E-state index >= 15 is 0 Å². The van der Waals surface area contributed by atoms with Crippen molar-refractivity contribution in [2.24, 2.45) is 0 Å². The second kappa shape index (κ2) is 5.24. The summed E-state index contributed by atoms with van der Waals surface area (Å²) in [6, 6.07) is 5.68.